The van der Waals surface area contributed by atoms with Gasteiger partial charge in [0.15, 0.2) is 0 Å². The van der Waals surface area contributed by atoms with E-state index in [0.29, 0.717) is 16.4 Å². The van der Waals surface area contributed by atoms with Crippen LogP contribution in [-0.4, -0.2) is 20.9 Å². The van der Waals surface area contributed by atoms with Gasteiger partial charge in [-0.15, -0.1) is 0 Å². The van der Waals surface area contributed by atoms with Crippen molar-refractivity contribution in [2.24, 2.45) is 0 Å². The highest BCUT2D eigenvalue weighted by molar-refractivity contribution is 7.92. The van der Waals surface area contributed by atoms with E-state index in [1.165, 1.54) is 16.4 Å². The third-order valence-corrected chi connectivity index (χ3v) is 6.23. The van der Waals surface area contributed by atoms with Crippen molar-refractivity contribution in [1.82, 2.24) is 0 Å². The molecule has 0 saturated heterocycles. The molecule has 0 aliphatic carbocycles. The van der Waals surface area contributed by atoms with Crippen molar-refractivity contribution in [2.45, 2.75) is 11.8 Å². The number of anilines is 2. The van der Waals surface area contributed by atoms with Gasteiger partial charge in [0.25, 0.3) is 15.9 Å². The van der Waals surface area contributed by atoms with Crippen LogP contribution in [0.2, 0.25) is 5.02 Å². The standard InChI is InChI=1S/C21H19ClN2O3S/c1-2-24(19-11-4-3-5-12-19)28(26,27)20-13-6-8-16(14-20)21(25)23-18-10-7-9-17(22)15-18/h3-15H,2H2,1H3,(H,23,25). The first-order valence-corrected chi connectivity index (χ1v) is 10.5. The monoisotopic (exact) mass is 414 g/mol. The number of para-hydroxylation sites is 1. The zero-order chi connectivity index (χ0) is 20.1. The molecule has 0 bridgehead atoms. The summed E-state index contributed by atoms with van der Waals surface area (Å²) < 4.78 is 27.5. The van der Waals surface area contributed by atoms with Crippen molar-refractivity contribution in [2.75, 3.05) is 16.2 Å². The van der Waals surface area contributed by atoms with Crippen LogP contribution in [0, 0.1) is 0 Å². The Morgan fingerprint density at radius 2 is 1.68 bits per heavy atom. The number of carbonyl (C=O) groups is 1. The minimum atomic E-state index is -3.81. The normalized spacial score (nSPS) is 11.1. The van der Waals surface area contributed by atoms with E-state index < -0.39 is 15.9 Å². The number of hydrogen-bond donors (Lipinski definition) is 1. The molecule has 28 heavy (non-hydrogen) atoms. The van der Waals surface area contributed by atoms with E-state index >= 15 is 0 Å². The van der Waals surface area contributed by atoms with Gasteiger partial charge in [-0.1, -0.05) is 41.9 Å². The summed E-state index contributed by atoms with van der Waals surface area (Å²) in [5, 5.41) is 3.22. The van der Waals surface area contributed by atoms with E-state index in [9.17, 15) is 13.2 Å². The fraction of sp³-hybridized carbons (Fsp3) is 0.0952. The van der Waals surface area contributed by atoms with Crippen LogP contribution in [0.3, 0.4) is 0 Å². The molecule has 0 aliphatic heterocycles. The van der Waals surface area contributed by atoms with Gasteiger partial charge in [0, 0.05) is 22.8 Å². The fourth-order valence-electron chi connectivity index (χ4n) is 2.78. The maximum Gasteiger partial charge on any atom is 0.264 e. The molecule has 5 nitrogen and oxygen atoms in total. The zero-order valence-electron chi connectivity index (χ0n) is 15.2. The van der Waals surface area contributed by atoms with Crippen molar-refractivity contribution in [3.63, 3.8) is 0 Å². The Labute approximate surface area is 169 Å². The third-order valence-electron chi connectivity index (χ3n) is 4.10. The number of benzene rings is 3. The van der Waals surface area contributed by atoms with Gasteiger partial charge in [-0.25, -0.2) is 8.42 Å². The van der Waals surface area contributed by atoms with Gasteiger partial charge >= 0.3 is 0 Å². The van der Waals surface area contributed by atoms with Crippen molar-refractivity contribution in [3.05, 3.63) is 89.4 Å². The molecule has 144 valence electrons. The van der Waals surface area contributed by atoms with Crippen LogP contribution in [0.4, 0.5) is 11.4 Å². The molecule has 0 heterocycles. The molecule has 3 aromatic carbocycles. The molecule has 1 N–H and O–H groups in total. The smallest absolute Gasteiger partial charge is 0.264 e. The second kappa shape index (κ2) is 8.46. The minimum Gasteiger partial charge on any atom is -0.322 e. The summed E-state index contributed by atoms with van der Waals surface area (Å²) >= 11 is 5.93. The quantitative estimate of drug-likeness (QED) is 0.629. The molecule has 7 heteroatoms. The molecule has 0 spiro atoms. The van der Waals surface area contributed by atoms with Crippen LogP contribution in [-0.2, 0) is 10.0 Å². The number of halogens is 1. The molecule has 3 rings (SSSR count). The van der Waals surface area contributed by atoms with Crippen LogP contribution in [0.15, 0.2) is 83.8 Å². The van der Waals surface area contributed by atoms with Gasteiger partial charge in [0.2, 0.25) is 0 Å². The first kappa shape index (κ1) is 19.9. The molecule has 0 atom stereocenters. The van der Waals surface area contributed by atoms with Gasteiger partial charge < -0.3 is 5.32 Å². The minimum absolute atomic E-state index is 0.0527. The van der Waals surface area contributed by atoms with Crippen LogP contribution >= 0.6 is 11.6 Å². The average molecular weight is 415 g/mol. The van der Waals surface area contributed by atoms with Gasteiger partial charge in [0.1, 0.15) is 0 Å². The number of nitrogens with one attached hydrogen (secondary N) is 1. The Morgan fingerprint density at radius 3 is 2.36 bits per heavy atom. The van der Waals surface area contributed by atoms with Gasteiger partial charge in [-0.3, -0.25) is 9.10 Å². The number of rotatable bonds is 6. The van der Waals surface area contributed by atoms with E-state index in [4.69, 9.17) is 11.6 Å². The molecular formula is C21H19ClN2O3S. The van der Waals surface area contributed by atoms with E-state index in [1.807, 2.05) is 6.07 Å². The molecule has 0 aromatic heterocycles. The zero-order valence-corrected chi connectivity index (χ0v) is 16.7. The fourth-order valence-corrected chi connectivity index (χ4v) is 4.49. The predicted molar refractivity (Wildman–Crippen MR) is 112 cm³/mol. The van der Waals surface area contributed by atoms with Crippen LogP contribution in [0.25, 0.3) is 0 Å². The Kier molecular flexibility index (Phi) is 6.02. The lowest BCUT2D eigenvalue weighted by atomic mass is 10.2. The second-order valence-electron chi connectivity index (χ2n) is 6.00. The number of hydrogen-bond acceptors (Lipinski definition) is 3. The molecular weight excluding hydrogens is 396 g/mol. The largest absolute Gasteiger partial charge is 0.322 e. The summed E-state index contributed by atoms with van der Waals surface area (Å²) in [6.07, 6.45) is 0. The van der Waals surface area contributed by atoms with Gasteiger partial charge in [-0.05, 0) is 55.5 Å². The Morgan fingerprint density at radius 1 is 0.964 bits per heavy atom. The van der Waals surface area contributed by atoms with Crippen LogP contribution < -0.4 is 9.62 Å². The van der Waals surface area contributed by atoms with Gasteiger partial charge in [-0.2, -0.15) is 0 Å². The van der Waals surface area contributed by atoms with Crippen LogP contribution in [0.5, 0.6) is 0 Å². The number of nitrogens with zero attached hydrogens (tertiary/aromatic N) is 1. The van der Waals surface area contributed by atoms with Crippen molar-refractivity contribution < 1.29 is 13.2 Å². The van der Waals surface area contributed by atoms with E-state index in [1.54, 1.807) is 67.6 Å². The van der Waals surface area contributed by atoms with Crippen molar-refractivity contribution in [3.8, 4) is 0 Å². The Balaban J connectivity index is 1.90. The Bertz CT molecular complexity index is 1090. The lowest BCUT2D eigenvalue weighted by Gasteiger charge is -2.23. The SMILES string of the molecule is CCN(c1ccccc1)S(=O)(=O)c1cccc(C(=O)Nc2cccc(Cl)c2)c1. The number of carbonyl (C=O) groups excluding carboxylic acids is 1. The highest BCUT2D eigenvalue weighted by Gasteiger charge is 2.24. The summed E-state index contributed by atoms with van der Waals surface area (Å²) in [5.41, 5.74) is 1.34. The number of sulfonamides is 1. The van der Waals surface area contributed by atoms with E-state index in [2.05, 4.69) is 5.32 Å². The molecule has 0 unspecified atom stereocenters. The first-order valence-electron chi connectivity index (χ1n) is 8.66. The summed E-state index contributed by atoms with van der Waals surface area (Å²) in [4.78, 5) is 12.6. The highest BCUT2D eigenvalue weighted by Crippen LogP contribution is 2.24. The molecule has 1 amide bonds. The van der Waals surface area contributed by atoms with E-state index in [-0.39, 0.29) is 17.0 Å². The van der Waals surface area contributed by atoms with Gasteiger partial charge in [0.05, 0.1) is 10.6 Å². The summed E-state index contributed by atoms with van der Waals surface area (Å²) in [7, 11) is -3.81. The maximum atomic E-state index is 13.1. The Hall–Kier alpha value is -2.83. The molecule has 0 saturated carbocycles. The third kappa shape index (κ3) is 4.35. The van der Waals surface area contributed by atoms with Crippen molar-refractivity contribution in [1.29, 1.82) is 0 Å². The van der Waals surface area contributed by atoms with Crippen molar-refractivity contribution >= 4 is 38.9 Å². The highest BCUT2D eigenvalue weighted by atomic mass is 35.5. The molecule has 0 aliphatic rings. The summed E-state index contributed by atoms with van der Waals surface area (Å²) in [6, 6.07) is 21.6. The predicted octanol–water partition coefficient (Wildman–Crippen LogP) is 4.81. The molecule has 3 aromatic rings. The van der Waals surface area contributed by atoms with Crippen LogP contribution in [0.1, 0.15) is 17.3 Å². The maximum absolute atomic E-state index is 13.1. The summed E-state index contributed by atoms with van der Waals surface area (Å²) in [5.74, 6) is -0.415. The average Bonchev–Trinajstić information content (AvgIpc) is 2.69. The first-order chi connectivity index (χ1) is 13.4. The van der Waals surface area contributed by atoms with E-state index in [0.717, 1.165) is 0 Å². The molecule has 0 fully saturated rings. The number of amides is 1. The summed E-state index contributed by atoms with van der Waals surface area (Å²) in [6.45, 7) is 2.03. The topological polar surface area (TPSA) is 66.5 Å². The lowest BCUT2D eigenvalue weighted by Crippen LogP contribution is -2.30. The lowest BCUT2D eigenvalue weighted by molar-refractivity contribution is 0.102. The second-order valence-corrected chi connectivity index (χ2v) is 8.30. The molecule has 0 radical (unpaired) electrons.